The molecule has 0 radical (unpaired) electrons. The Morgan fingerprint density at radius 3 is 2.52 bits per heavy atom. The van der Waals surface area contributed by atoms with E-state index in [0.29, 0.717) is 12.8 Å². The van der Waals surface area contributed by atoms with Crippen molar-refractivity contribution in [2.45, 2.75) is 64.1 Å². The summed E-state index contributed by atoms with van der Waals surface area (Å²) in [7, 11) is 0. The van der Waals surface area contributed by atoms with Crippen molar-refractivity contribution in [3.63, 3.8) is 0 Å². The first kappa shape index (κ1) is 17.6. The number of rotatable bonds is 5. The van der Waals surface area contributed by atoms with Crippen molar-refractivity contribution >= 4 is 11.8 Å². The second kappa shape index (κ2) is 6.42. The Kier molecular flexibility index (Phi) is 4.92. The molecule has 1 aliphatic rings. The molecule has 1 unspecified atom stereocenters. The predicted octanol–water partition coefficient (Wildman–Crippen LogP) is 5.71. The molecule has 0 spiro atoms. The second-order valence-electron chi connectivity index (χ2n) is 6.26. The van der Waals surface area contributed by atoms with Crippen LogP contribution in [-0.2, 0) is 10.3 Å². The highest BCUT2D eigenvalue weighted by Crippen LogP contribution is 2.51. The molecule has 0 aliphatic carbocycles. The fraction of sp³-hybridized carbons (Fsp3) is 0.588. The molecule has 1 heterocycles. The Morgan fingerprint density at radius 1 is 1.26 bits per heavy atom. The first-order valence-corrected chi connectivity index (χ1v) is 7.92. The maximum Gasteiger partial charge on any atom is 0.432 e. The fourth-order valence-corrected chi connectivity index (χ4v) is 2.87. The summed E-state index contributed by atoms with van der Waals surface area (Å²) >= 11 is 0. The maximum absolute atomic E-state index is 13.9. The van der Waals surface area contributed by atoms with Crippen LogP contribution in [0.3, 0.4) is 0 Å². The largest absolute Gasteiger partial charge is 0.432 e. The van der Waals surface area contributed by atoms with Gasteiger partial charge < -0.3 is 4.74 Å². The van der Waals surface area contributed by atoms with Gasteiger partial charge in [0.25, 0.3) is 0 Å². The van der Waals surface area contributed by atoms with E-state index in [9.17, 15) is 18.0 Å². The van der Waals surface area contributed by atoms with E-state index < -0.39 is 17.9 Å². The van der Waals surface area contributed by atoms with Crippen LogP contribution in [0, 0.1) is 0 Å². The van der Waals surface area contributed by atoms with Gasteiger partial charge in [-0.3, -0.25) is 5.32 Å². The average Bonchev–Trinajstić information content (AvgIpc) is 2.45. The summed E-state index contributed by atoms with van der Waals surface area (Å²) in [6, 6.07) is 4.78. The van der Waals surface area contributed by atoms with E-state index in [2.05, 4.69) is 5.32 Å². The number of cyclic esters (lactones) is 1. The number of fused-ring (bicyclic) bond motifs is 1. The van der Waals surface area contributed by atoms with E-state index in [1.54, 1.807) is 6.07 Å². The van der Waals surface area contributed by atoms with Crippen molar-refractivity contribution in [3.8, 4) is 0 Å². The molecule has 1 N–H and O–H groups in total. The molecule has 2 rings (SSSR count). The molecule has 128 valence electrons. The van der Waals surface area contributed by atoms with Gasteiger partial charge in [0, 0.05) is 12.0 Å². The Balaban J connectivity index is 2.57. The van der Waals surface area contributed by atoms with Gasteiger partial charge in [-0.2, -0.15) is 13.2 Å². The fourth-order valence-electron chi connectivity index (χ4n) is 2.87. The maximum atomic E-state index is 13.9. The normalized spacial score (nSPS) is 20.9. The Labute approximate surface area is 134 Å². The monoisotopic (exact) mass is 329 g/mol. The SMILES string of the molecule is CCCCCC1(C(F)(F)F)OC(=O)Nc2ccc(C(C)C)cc21. The lowest BCUT2D eigenvalue weighted by Gasteiger charge is -2.40. The van der Waals surface area contributed by atoms with Crippen LogP contribution in [0.1, 0.15) is 63.5 Å². The van der Waals surface area contributed by atoms with E-state index in [0.717, 1.165) is 12.0 Å². The molecular formula is C17H22F3NO2. The molecule has 1 aromatic carbocycles. The summed E-state index contributed by atoms with van der Waals surface area (Å²) in [5, 5.41) is 2.38. The summed E-state index contributed by atoms with van der Waals surface area (Å²) in [6.45, 7) is 5.74. The van der Waals surface area contributed by atoms with Gasteiger partial charge in [0.2, 0.25) is 5.60 Å². The van der Waals surface area contributed by atoms with Gasteiger partial charge in [-0.1, -0.05) is 39.7 Å². The molecule has 3 nitrogen and oxygen atoms in total. The van der Waals surface area contributed by atoms with Crippen molar-refractivity contribution in [1.82, 2.24) is 0 Å². The number of halogens is 3. The number of carbonyl (C=O) groups excluding carboxylic acids is 1. The molecule has 23 heavy (non-hydrogen) atoms. The van der Waals surface area contributed by atoms with Gasteiger partial charge in [0.05, 0.1) is 5.69 Å². The summed E-state index contributed by atoms with van der Waals surface area (Å²) in [4.78, 5) is 11.7. The van der Waals surface area contributed by atoms with Crippen molar-refractivity contribution in [2.75, 3.05) is 5.32 Å². The molecule has 0 bridgehead atoms. The smallest absolute Gasteiger partial charge is 0.428 e. The molecule has 6 heteroatoms. The molecule has 0 saturated carbocycles. The van der Waals surface area contributed by atoms with E-state index in [1.807, 2.05) is 20.8 Å². The topological polar surface area (TPSA) is 38.3 Å². The van der Waals surface area contributed by atoms with Gasteiger partial charge in [-0.25, -0.2) is 4.79 Å². The molecule has 0 fully saturated rings. The number of hydrogen-bond acceptors (Lipinski definition) is 2. The van der Waals surface area contributed by atoms with Crippen molar-refractivity contribution < 1.29 is 22.7 Å². The van der Waals surface area contributed by atoms with Crippen molar-refractivity contribution in [2.24, 2.45) is 0 Å². The lowest BCUT2D eigenvalue weighted by atomic mass is 9.83. The molecule has 1 aliphatic heterocycles. The van der Waals surface area contributed by atoms with E-state index >= 15 is 0 Å². The predicted molar refractivity (Wildman–Crippen MR) is 82.5 cm³/mol. The molecule has 0 aromatic heterocycles. The van der Waals surface area contributed by atoms with E-state index in [-0.39, 0.29) is 23.6 Å². The number of hydrogen-bond donors (Lipinski definition) is 1. The average molecular weight is 329 g/mol. The number of amides is 1. The minimum atomic E-state index is -4.66. The second-order valence-corrected chi connectivity index (χ2v) is 6.26. The summed E-state index contributed by atoms with van der Waals surface area (Å²) in [5.74, 6) is 0.0829. The van der Waals surface area contributed by atoms with E-state index in [4.69, 9.17) is 4.74 Å². The summed E-state index contributed by atoms with van der Waals surface area (Å²) < 4.78 is 46.6. The number of carbonyl (C=O) groups is 1. The third-order valence-corrected chi connectivity index (χ3v) is 4.24. The zero-order valence-electron chi connectivity index (χ0n) is 13.6. The lowest BCUT2D eigenvalue weighted by molar-refractivity contribution is -0.267. The highest BCUT2D eigenvalue weighted by Gasteiger charge is 2.61. The highest BCUT2D eigenvalue weighted by molar-refractivity contribution is 5.89. The molecule has 1 aromatic rings. The molecule has 0 saturated heterocycles. The van der Waals surface area contributed by atoms with Gasteiger partial charge >= 0.3 is 12.3 Å². The summed E-state index contributed by atoms with van der Waals surface area (Å²) in [5.41, 5.74) is -1.59. The number of unbranched alkanes of at least 4 members (excludes halogenated alkanes) is 2. The molecule has 1 amide bonds. The molecule has 1 atom stereocenters. The lowest BCUT2D eigenvalue weighted by Crippen LogP contribution is -2.50. The Hall–Kier alpha value is -1.72. The Bertz CT molecular complexity index is 584. The third-order valence-electron chi connectivity index (χ3n) is 4.24. The van der Waals surface area contributed by atoms with Gasteiger partial charge in [-0.05, 0) is 30.0 Å². The van der Waals surface area contributed by atoms with Crippen LogP contribution in [-0.4, -0.2) is 12.3 Å². The van der Waals surface area contributed by atoms with Crippen LogP contribution in [0.4, 0.5) is 23.7 Å². The van der Waals surface area contributed by atoms with Gasteiger partial charge in [0.15, 0.2) is 0 Å². The first-order chi connectivity index (χ1) is 10.7. The number of nitrogens with one attached hydrogen (secondary N) is 1. The minimum Gasteiger partial charge on any atom is -0.428 e. The molecular weight excluding hydrogens is 307 g/mol. The van der Waals surface area contributed by atoms with Crippen LogP contribution in [0.5, 0.6) is 0 Å². The zero-order valence-corrected chi connectivity index (χ0v) is 13.6. The summed E-state index contributed by atoms with van der Waals surface area (Å²) in [6.07, 6.45) is -4.19. The quantitative estimate of drug-likeness (QED) is 0.703. The zero-order chi connectivity index (χ0) is 17.3. The van der Waals surface area contributed by atoms with Crippen molar-refractivity contribution in [3.05, 3.63) is 29.3 Å². The standard InChI is InChI=1S/C17H22F3NO2/c1-4-5-6-9-16(17(18,19)20)13-10-12(11(2)3)7-8-14(13)21-15(22)23-16/h7-8,10-11H,4-6,9H2,1-3H3,(H,21,22). The number of alkyl halides is 3. The van der Waals surface area contributed by atoms with E-state index in [1.165, 1.54) is 12.1 Å². The minimum absolute atomic E-state index is 0.00639. The van der Waals surface area contributed by atoms with Crippen LogP contribution in [0.15, 0.2) is 18.2 Å². The van der Waals surface area contributed by atoms with Crippen LogP contribution in [0.25, 0.3) is 0 Å². The first-order valence-electron chi connectivity index (χ1n) is 7.92. The van der Waals surface area contributed by atoms with Crippen LogP contribution < -0.4 is 5.32 Å². The third kappa shape index (κ3) is 3.31. The number of benzene rings is 1. The highest BCUT2D eigenvalue weighted by atomic mass is 19.4. The van der Waals surface area contributed by atoms with Crippen LogP contribution in [0.2, 0.25) is 0 Å². The number of anilines is 1. The van der Waals surface area contributed by atoms with Gasteiger partial charge in [-0.15, -0.1) is 0 Å². The number of ether oxygens (including phenoxy) is 1. The van der Waals surface area contributed by atoms with Crippen molar-refractivity contribution in [1.29, 1.82) is 0 Å². The Morgan fingerprint density at radius 2 is 1.96 bits per heavy atom. The van der Waals surface area contributed by atoms with Gasteiger partial charge in [0.1, 0.15) is 0 Å². The van der Waals surface area contributed by atoms with Crippen LogP contribution >= 0.6 is 0 Å².